The second-order valence-corrected chi connectivity index (χ2v) is 5.76. The highest BCUT2D eigenvalue weighted by Crippen LogP contribution is 2.37. The Balaban J connectivity index is 1.69. The number of nitrogens with zero attached hydrogens (tertiary/aromatic N) is 2. The molecule has 1 aromatic carbocycles. The number of nitrogens with one attached hydrogen (secondary N) is 1. The fourth-order valence-electron chi connectivity index (χ4n) is 3.07. The van der Waals surface area contributed by atoms with Crippen molar-refractivity contribution >= 4 is 11.7 Å². The number of methoxy groups -OCH3 is 1. The van der Waals surface area contributed by atoms with Gasteiger partial charge in [0.1, 0.15) is 23.9 Å². The molecule has 0 bridgehead atoms. The zero-order chi connectivity index (χ0) is 16.5. The van der Waals surface area contributed by atoms with Gasteiger partial charge >= 0.3 is 0 Å². The van der Waals surface area contributed by atoms with Crippen molar-refractivity contribution in [1.82, 2.24) is 9.78 Å². The van der Waals surface area contributed by atoms with Crippen molar-refractivity contribution in [2.75, 3.05) is 12.4 Å². The molecule has 4 rings (SSSR count). The molecule has 1 amide bonds. The Hall–Kier alpha value is -3.02. The van der Waals surface area contributed by atoms with Gasteiger partial charge in [0.05, 0.1) is 19.6 Å². The van der Waals surface area contributed by atoms with Gasteiger partial charge in [-0.1, -0.05) is 12.1 Å². The maximum Gasteiger partial charge on any atom is 0.226 e. The first-order valence-electron chi connectivity index (χ1n) is 7.76. The topological polar surface area (TPSA) is 69.3 Å². The van der Waals surface area contributed by atoms with Crippen LogP contribution in [0.15, 0.2) is 53.3 Å². The summed E-state index contributed by atoms with van der Waals surface area (Å²) in [6.45, 7) is 0.484. The number of anilines is 1. The molecule has 122 valence electrons. The van der Waals surface area contributed by atoms with Gasteiger partial charge < -0.3 is 14.5 Å². The van der Waals surface area contributed by atoms with Crippen LogP contribution in [0.5, 0.6) is 5.75 Å². The van der Waals surface area contributed by atoms with Gasteiger partial charge in [0.15, 0.2) is 0 Å². The number of rotatable bonds is 4. The van der Waals surface area contributed by atoms with Crippen LogP contribution < -0.4 is 10.1 Å². The second-order valence-electron chi connectivity index (χ2n) is 5.76. The maximum absolute atomic E-state index is 12.2. The van der Waals surface area contributed by atoms with Crippen LogP contribution in [0.25, 0.3) is 0 Å². The first-order chi connectivity index (χ1) is 11.7. The molecule has 1 N–H and O–H groups in total. The fraction of sp³-hybridized carbons (Fsp3) is 0.222. The van der Waals surface area contributed by atoms with E-state index in [0.717, 1.165) is 28.5 Å². The molecule has 0 spiro atoms. The molecule has 1 aliphatic heterocycles. The quantitative estimate of drug-likeness (QED) is 0.801. The van der Waals surface area contributed by atoms with Crippen LogP contribution in [-0.2, 0) is 11.3 Å². The van der Waals surface area contributed by atoms with E-state index in [0.29, 0.717) is 13.0 Å². The second kappa shape index (κ2) is 5.88. The minimum Gasteiger partial charge on any atom is -0.497 e. The minimum atomic E-state index is -0.00971. The van der Waals surface area contributed by atoms with E-state index in [1.807, 2.05) is 42.6 Å². The smallest absolute Gasteiger partial charge is 0.226 e. The molecular weight excluding hydrogens is 306 g/mol. The summed E-state index contributed by atoms with van der Waals surface area (Å²) in [5.74, 6) is 2.31. The van der Waals surface area contributed by atoms with Crippen LogP contribution in [-0.4, -0.2) is 22.8 Å². The molecule has 0 unspecified atom stereocenters. The molecule has 3 aromatic rings. The van der Waals surface area contributed by atoms with Crippen molar-refractivity contribution in [3.8, 4) is 5.75 Å². The molecule has 0 aliphatic carbocycles. The summed E-state index contributed by atoms with van der Waals surface area (Å²) in [4.78, 5) is 12.2. The van der Waals surface area contributed by atoms with Crippen LogP contribution in [0.1, 0.15) is 29.2 Å². The lowest BCUT2D eigenvalue weighted by atomic mass is 9.87. The zero-order valence-corrected chi connectivity index (χ0v) is 13.2. The third kappa shape index (κ3) is 2.56. The Bertz CT molecular complexity index is 850. The maximum atomic E-state index is 12.2. The van der Waals surface area contributed by atoms with E-state index in [1.54, 1.807) is 18.1 Å². The lowest BCUT2D eigenvalue weighted by Gasteiger charge is -2.23. The lowest BCUT2D eigenvalue weighted by Crippen LogP contribution is -2.25. The number of fused-ring (bicyclic) bond motifs is 1. The van der Waals surface area contributed by atoms with E-state index in [2.05, 4.69) is 10.4 Å². The van der Waals surface area contributed by atoms with Gasteiger partial charge in [0, 0.05) is 17.9 Å². The predicted octanol–water partition coefficient (Wildman–Crippen LogP) is 3.01. The number of aromatic nitrogens is 2. The molecule has 6 heteroatoms. The van der Waals surface area contributed by atoms with E-state index in [9.17, 15) is 4.79 Å². The van der Waals surface area contributed by atoms with Gasteiger partial charge in [0.25, 0.3) is 0 Å². The summed E-state index contributed by atoms with van der Waals surface area (Å²) >= 11 is 0. The van der Waals surface area contributed by atoms with Gasteiger partial charge in [0.2, 0.25) is 5.91 Å². The summed E-state index contributed by atoms with van der Waals surface area (Å²) in [5, 5.41) is 7.37. The molecular formula is C18H17N3O3. The van der Waals surface area contributed by atoms with Crippen molar-refractivity contribution < 1.29 is 13.9 Å². The van der Waals surface area contributed by atoms with Crippen molar-refractivity contribution in [3.05, 3.63) is 65.7 Å². The molecule has 2 aromatic heterocycles. The summed E-state index contributed by atoms with van der Waals surface area (Å²) in [7, 11) is 1.64. The van der Waals surface area contributed by atoms with Crippen molar-refractivity contribution in [2.24, 2.45) is 0 Å². The molecule has 3 heterocycles. The Morgan fingerprint density at radius 2 is 2.17 bits per heavy atom. The molecule has 0 fully saturated rings. The lowest BCUT2D eigenvalue weighted by molar-refractivity contribution is -0.116. The van der Waals surface area contributed by atoms with Crippen molar-refractivity contribution in [1.29, 1.82) is 0 Å². The van der Waals surface area contributed by atoms with E-state index in [1.165, 1.54) is 0 Å². The van der Waals surface area contributed by atoms with Gasteiger partial charge in [-0.25, -0.2) is 4.68 Å². The van der Waals surface area contributed by atoms with Gasteiger partial charge in [-0.2, -0.15) is 5.10 Å². The number of amides is 1. The van der Waals surface area contributed by atoms with Crippen LogP contribution >= 0.6 is 0 Å². The van der Waals surface area contributed by atoms with E-state index in [4.69, 9.17) is 9.15 Å². The van der Waals surface area contributed by atoms with Gasteiger partial charge in [-0.05, 0) is 29.8 Å². The van der Waals surface area contributed by atoms with Crippen LogP contribution in [0.3, 0.4) is 0 Å². The summed E-state index contributed by atoms with van der Waals surface area (Å²) in [6, 6.07) is 11.5. The fourth-order valence-corrected chi connectivity index (χ4v) is 3.07. The summed E-state index contributed by atoms with van der Waals surface area (Å²) in [5.41, 5.74) is 2.09. The first kappa shape index (κ1) is 14.6. The standard InChI is InChI=1S/C18H17N3O3/c1-23-13-6-4-12(5-7-13)15-9-17(22)20-18-16(15)10-19-21(18)11-14-3-2-8-24-14/h2-8,10,15H,9,11H2,1H3,(H,20,22)/t15-/m0/s1. The number of ether oxygens (including phenoxy) is 1. The SMILES string of the molecule is COc1ccc([C@@H]2CC(=O)Nc3c2cnn3Cc2ccco2)cc1. The monoisotopic (exact) mass is 323 g/mol. The number of benzene rings is 1. The highest BCUT2D eigenvalue weighted by atomic mass is 16.5. The number of hydrogen-bond donors (Lipinski definition) is 1. The van der Waals surface area contributed by atoms with Crippen LogP contribution in [0.4, 0.5) is 5.82 Å². The average molecular weight is 323 g/mol. The zero-order valence-electron chi connectivity index (χ0n) is 13.2. The molecule has 0 saturated heterocycles. The van der Waals surface area contributed by atoms with Crippen LogP contribution in [0, 0.1) is 0 Å². The van der Waals surface area contributed by atoms with E-state index >= 15 is 0 Å². The molecule has 1 atom stereocenters. The highest BCUT2D eigenvalue weighted by molar-refractivity contribution is 5.94. The number of hydrogen-bond acceptors (Lipinski definition) is 4. The van der Waals surface area contributed by atoms with Crippen LogP contribution in [0.2, 0.25) is 0 Å². The molecule has 6 nitrogen and oxygen atoms in total. The largest absolute Gasteiger partial charge is 0.497 e. The normalized spacial score (nSPS) is 16.5. The van der Waals surface area contributed by atoms with Crippen molar-refractivity contribution in [3.63, 3.8) is 0 Å². The average Bonchev–Trinajstić information content (AvgIpc) is 3.25. The Morgan fingerprint density at radius 1 is 1.33 bits per heavy atom. The Kier molecular flexibility index (Phi) is 3.57. The van der Waals surface area contributed by atoms with Gasteiger partial charge in [-0.3, -0.25) is 4.79 Å². The number of furan rings is 1. The molecule has 1 aliphatic rings. The molecule has 24 heavy (non-hydrogen) atoms. The summed E-state index contributed by atoms with van der Waals surface area (Å²) < 4.78 is 12.3. The van der Waals surface area contributed by atoms with E-state index < -0.39 is 0 Å². The molecule has 0 saturated carbocycles. The van der Waals surface area contributed by atoms with Gasteiger partial charge in [-0.15, -0.1) is 0 Å². The van der Waals surface area contributed by atoms with E-state index in [-0.39, 0.29) is 11.8 Å². The highest BCUT2D eigenvalue weighted by Gasteiger charge is 2.30. The molecule has 0 radical (unpaired) electrons. The number of carbonyl (C=O) groups is 1. The third-order valence-corrected chi connectivity index (χ3v) is 4.29. The minimum absolute atomic E-state index is 0.00925. The Labute approximate surface area is 139 Å². The first-order valence-corrected chi connectivity index (χ1v) is 7.76. The third-order valence-electron chi connectivity index (χ3n) is 4.29. The summed E-state index contributed by atoms with van der Waals surface area (Å²) in [6.07, 6.45) is 3.86. The predicted molar refractivity (Wildman–Crippen MR) is 88.1 cm³/mol. The van der Waals surface area contributed by atoms with Crippen molar-refractivity contribution in [2.45, 2.75) is 18.9 Å². The Morgan fingerprint density at radius 3 is 2.88 bits per heavy atom. The number of carbonyl (C=O) groups excluding carboxylic acids is 1.